The molecule has 9 heteroatoms. The minimum absolute atomic E-state index is 0.0189. The number of rotatable bonds is 10. The maximum Gasteiger partial charge on any atom is 0.264 e. The Labute approximate surface area is 248 Å². The van der Waals surface area contributed by atoms with Crippen molar-refractivity contribution in [3.8, 4) is 0 Å². The van der Waals surface area contributed by atoms with E-state index in [1.54, 1.807) is 19.1 Å². The van der Waals surface area contributed by atoms with Crippen LogP contribution in [0.25, 0.3) is 0 Å². The van der Waals surface area contributed by atoms with Crippen LogP contribution in [0.4, 0.5) is 5.69 Å². The monoisotopic (exact) mass is 595 g/mol. The molecule has 0 bridgehead atoms. The molecule has 1 fully saturated rings. The molecule has 1 N–H and O–H groups in total. The number of benzene rings is 3. The van der Waals surface area contributed by atoms with Gasteiger partial charge in [-0.1, -0.05) is 54.8 Å². The third-order valence-electron chi connectivity index (χ3n) is 7.93. The number of anilines is 1. The summed E-state index contributed by atoms with van der Waals surface area (Å²) in [5.41, 5.74) is 4.14. The van der Waals surface area contributed by atoms with Crippen molar-refractivity contribution in [2.45, 2.75) is 76.9 Å². The predicted molar refractivity (Wildman–Crippen MR) is 163 cm³/mol. The Morgan fingerprint density at radius 3 is 2.22 bits per heavy atom. The van der Waals surface area contributed by atoms with Gasteiger partial charge in [-0.25, -0.2) is 8.42 Å². The van der Waals surface area contributed by atoms with Crippen LogP contribution in [-0.2, 0) is 26.2 Å². The highest BCUT2D eigenvalue weighted by Gasteiger charge is 2.33. The summed E-state index contributed by atoms with van der Waals surface area (Å²) in [6, 6.07) is 18.1. The number of hydrogen-bond donors (Lipinski definition) is 1. The number of carbonyl (C=O) groups excluding carboxylic acids is 2. The molecule has 41 heavy (non-hydrogen) atoms. The zero-order valence-corrected chi connectivity index (χ0v) is 25.6. The van der Waals surface area contributed by atoms with Crippen molar-refractivity contribution in [2.75, 3.05) is 10.8 Å². The largest absolute Gasteiger partial charge is 0.352 e. The first kappa shape index (κ1) is 30.6. The number of carbonyl (C=O) groups is 2. The Bertz CT molecular complexity index is 1500. The van der Waals surface area contributed by atoms with Crippen molar-refractivity contribution in [1.29, 1.82) is 0 Å². The fraction of sp³-hybridized carbons (Fsp3) is 0.375. The molecule has 1 atom stereocenters. The minimum Gasteiger partial charge on any atom is -0.352 e. The minimum atomic E-state index is -4.15. The topological polar surface area (TPSA) is 86.8 Å². The Morgan fingerprint density at radius 2 is 1.59 bits per heavy atom. The van der Waals surface area contributed by atoms with Gasteiger partial charge in [0.15, 0.2) is 0 Å². The number of aryl methyl sites for hydroxylation is 3. The van der Waals surface area contributed by atoms with Crippen LogP contribution >= 0.6 is 11.6 Å². The summed E-state index contributed by atoms with van der Waals surface area (Å²) >= 11 is 6.03. The van der Waals surface area contributed by atoms with Gasteiger partial charge in [0.25, 0.3) is 10.0 Å². The number of halogens is 1. The second-order valence-electron chi connectivity index (χ2n) is 10.8. The van der Waals surface area contributed by atoms with E-state index in [1.807, 2.05) is 51.1 Å². The number of nitrogens with zero attached hydrogens (tertiary/aromatic N) is 2. The summed E-state index contributed by atoms with van der Waals surface area (Å²) in [7, 11) is -4.15. The lowest BCUT2D eigenvalue weighted by Gasteiger charge is -2.33. The maximum absolute atomic E-state index is 14.1. The van der Waals surface area contributed by atoms with Gasteiger partial charge in [0.05, 0.1) is 10.6 Å². The average molecular weight is 596 g/mol. The van der Waals surface area contributed by atoms with Crippen LogP contribution in [0, 0.1) is 20.8 Å². The second kappa shape index (κ2) is 13.1. The fourth-order valence-electron chi connectivity index (χ4n) is 5.09. The van der Waals surface area contributed by atoms with E-state index in [0.29, 0.717) is 10.7 Å². The van der Waals surface area contributed by atoms with Crippen molar-refractivity contribution in [2.24, 2.45) is 0 Å². The van der Waals surface area contributed by atoms with Crippen LogP contribution in [0.2, 0.25) is 5.02 Å². The lowest BCUT2D eigenvalue weighted by atomic mass is 10.1. The number of hydrogen-bond acceptors (Lipinski definition) is 4. The number of amides is 2. The molecular weight excluding hydrogens is 558 g/mol. The Balaban J connectivity index is 1.71. The first-order valence-corrected chi connectivity index (χ1v) is 15.8. The molecule has 0 saturated heterocycles. The van der Waals surface area contributed by atoms with Crippen LogP contribution in [-0.4, -0.2) is 43.8 Å². The Kier molecular flexibility index (Phi) is 9.76. The van der Waals surface area contributed by atoms with Gasteiger partial charge in [0, 0.05) is 17.6 Å². The van der Waals surface area contributed by atoms with Crippen molar-refractivity contribution in [3.63, 3.8) is 0 Å². The molecule has 0 aromatic heterocycles. The van der Waals surface area contributed by atoms with Gasteiger partial charge < -0.3 is 10.2 Å². The lowest BCUT2D eigenvalue weighted by molar-refractivity contribution is -0.139. The molecule has 4 rings (SSSR count). The molecule has 1 aliphatic rings. The van der Waals surface area contributed by atoms with E-state index in [2.05, 4.69) is 5.32 Å². The molecule has 0 radical (unpaired) electrons. The molecule has 1 saturated carbocycles. The van der Waals surface area contributed by atoms with E-state index in [1.165, 1.54) is 29.2 Å². The van der Waals surface area contributed by atoms with Gasteiger partial charge in [-0.15, -0.1) is 0 Å². The first-order valence-electron chi connectivity index (χ1n) is 14.0. The van der Waals surface area contributed by atoms with Crippen molar-refractivity contribution < 1.29 is 18.0 Å². The van der Waals surface area contributed by atoms with E-state index < -0.39 is 28.5 Å². The predicted octanol–water partition coefficient (Wildman–Crippen LogP) is 5.94. The summed E-state index contributed by atoms with van der Waals surface area (Å²) in [5, 5.41) is 3.50. The van der Waals surface area contributed by atoms with E-state index in [0.717, 1.165) is 52.2 Å². The third-order valence-corrected chi connectivity index (χ3v) is 9.97. The molecule has 2 amide bonds. The van der Waals surface area contributed by atoms with Crippen molar-refractivity contribution in [3.05, 3.63) is 94.0 Å². The number of sulfonamides is 1. The molecular formula is C32H38ClN3O4S. The summed E-state index contributed by atoms with van der Waals surface area (Å²) in [6.07, 6.45) is 3.98. The van der Waals surface area contributed by atoms with Crippen LogP contribution in [0.15, 0.2) is 71.6 Å². The second-order valence-corrected chi connectivity index (χ2v) is 13.1. The van der Waals surface area contributed by atoms with Gasteiger partial charge in [-0.05, 0) is 99.2 Å². The van der Waals surface area contributed by atoms with Crippen molar-refractivity contribution >= 4 is 39.1 Å². The van der Waals surface area contributed by atoms with E-state index in [4.69, 9.17) is 11.6 Å². The smallest absolute Gasteiger partial charge is 0.264 e. The molecule has 3 aromatic carbocycles. The molecule has 218 valence electrons. The molecule has 0 spiro atoms. The standard InChI is InChI=1S/C32H38ClN3O4S/c1-22-13-16-29(19-24(22)3)36(41(39,40)30-17-14-27(33)15-18-30)21-31(37)35(20-26-10-6-5-9-23(26)2)25(4)32(38)34-28-11-7-8-12-28/h5-6,9-10,13-19,25,28H,7-8,11-12,20-21H2,1-4H3,(H,34,38)/t25-/m0/s1. The van der Waals surface area contributed by atoms with E-state index >= 15 is 0 Å². The zero-order valence-electron chi connectivity index (χ0n) is 24.1. The highest BCUT2D eigenvalue weighted by Crippen LogP contribution is 2.27. The van der Waals surface area contributed by atoms with Gasteiger partial charge in [-0.3, -0.25) is 13.9 Å². The van der Waals surface area contributed by atoms with E-state index in [9.17, 15) is 18.0 Å². The van der Waals surface area contributed by atoms with Crippen molar-refractivity contribution in [1.82, 2.24) is 10.2 Å². The SMILES string of the molecule is Cc1ccc(N(CC(=O)N(Cc2ccccc2C)[C@@H](C)C(=O)NC2CCCC2)S(=O)(=O)c2ccc(Cl)cc2)cc1C. The lowest BCUT2D eigenvalue weighted by Crippen LogP contribution is -2.52. The summed E-state index contributed by atoms with van der Waals surface area (Å²) in [4.78, 5) is 29.0. The Hall–Kier alpha value is -3.36. The summed E-state index contributed by atoms with van der Waals surface area (Å²) in [5.74, 6) is -0.713. The van der Waals surface area contributed by atoms with Crippen LogP contribution < -0.4 is 9.62 Å². The fourth-order valence-corrected chi connectivity index (χ4v) is 6.62. The Morgan fingerprint density at radius 1 is 0.927 bits per heavy atom. The first-order chi connectivity index (χ1) is 19.5. The molecule has 0 unspecified atom stereocenters. The van der Waals surface area contributed by atoms with Crippen LogP contribution in [0.3, 0.4) is 0 Å². The third kappa shape index (κ3) is 7.29. The van der Waals surface area contributed by atoms with E-state index in [-0.39, 0.29) is 23.4 Å². The van der Waals surface area contributed by atoms with Gasteiger partial charge in [0.1, 0.15) is 12.6 Å². The summed E-state index contributed by atoms with van der Waals surface area (Å²) in [6.45, 7) is 7.19. The molecule has 1 aliphatic carbocycles. The average Bonchev–Trinajstić information content (AvgIpc) is 3.45. The maximum atomic E-state index is 14.1. The quantitative estimate of drug-likeness (QED) is 0.314. The summed E-state index contributed by atoms with van der Waals surface area (Å²) < 4.78 is 29.1. The highest BCUT2D eigenvalue weighted by molar-refractivity contribution is 7.92. The highest BCUT2D eigenvalue weighted by atomic mass is 35.5. The normalized spacial score (nSPS) is 14.5. The van der Waals surface area contributed by atoms with Crippen LogP contribution in [0.1, 0.15) is 54.9 Å². The van der Waals surface area contributed by atoms with Gasteiger partial charge in [-0.2, -0.15) is 0 Å². The van der Waals surface area contributed by atoms with Crippen LogP contribution in [0.5, 0.6) is 0 Å². The number of nitrogens with one attached hydrogen (secondary N) is 1. The molecule has 7 nitrogen and oxygen atoms in total. The zero-order chi connectivity index (χ0) is 29.7. The molecule has 3 aromatic rings. The molecule has 0 heterocycles. The molecule has 0 aliphatic heterocycles. The van der Waals surface area contributed by atoms with Gasteiger partial charge in [0.2, 0.25) is 11.8 Å². The van der Waals surface area contributed by atoms with Gasteiger partial charge >= 0.3 is 0 Å².